The van der Waals surface area contributed by atoms with Crippen LogP contribution in [0.1, 0.15) is 34.8 Å². The Bertz CT molecular complexity index is 1270. The molecule has 4 heterocycles. The van der Waals surface area contributed by atoms with Gasteiger partial charge in [-0.05, 0) is 38.3 Å². The van der Waals surface area contributed by atoms with Gasteiger partial charge in [0.2, 0.25) is 11.9 Å². The monoisotopic (exact) mass is 446 g/mol. The van der Waals surface area contributed by atoms with Crippen LogP contribution in [-0.2, 0) is 24.4 Å². The smallest absolute Gasteiger partial charge is 0.337 e. The van der Waals surface area contributed by atoms with Crippen LogP contribution in [0.5, 0.6) is 0 Å². The van der Waals surface area contributed by atoms with Gasteiger partial charge in [-0.3, -0.25) is 14.6 Å². The molecule has 1 atom stereocenters. The summed E-state index contributed by atoms with van der Waals surface area (Å²) in [4.78, 5) is 38.4. The highest BCUT2D eigenvalue weighted by Crippen LogP contribution is 2.30. The van der Waals surface area contributed by atoms with Gasteiger partial charge in [0.1, 0.15) is 11.9 Å². The number of hydrogen-bond acceptors (Lipinski definition) is 4. The molecule has 0 spiro atoms. The number of fused-ring (bicyclic) bond motifs is 3. The minimum Gasteiger partial charge on any atom is -0.337 e. The van der Waals surface area contributed by atoms with Crippen molar-refractivity contribution >= 4 is 23.7 Å². The SMILES string of the molecule is Cc1ccc(C)c(CN2C(=O)C3C(=Nc4n(CCCn5ccnc5)c(C)c[n+]43)N(C)C2=O)c1. The Morgan fingerprint density at radius 3 is 2.70 bits per heavy atom. The Balaban J connectivity index is 1.42. The average molecular weight is 447 g/mol. The van der Waals surface area contributed by atoms with Gasteiger partial charge in [-0.2, -0.15) is 0 Å². The fraction of sp³-hybridized carbons (Fsp3) is 0.375. The Labute approximate surface area is 192 Å². The van der Waals surface area contributed by atoms with E-state index in [2.05, 4.69) is 9.55 Å². The van der Waals surface area contributed by atoms with Gasteiger partial charge in [-0.15, -0.1) is 0 Å². The van der Waals surface area contributed by atoms with Crippen LogP contribution in [0.3, 0.4) is 0 Å². The van der Waals surface area contributed by atoms with Crippen molar-refractivity contribution in [2.24, 2.45) is 4.99 Å². The third-order valence-corrected chi connectivity index (χ3v) is 6.51. The van der Waals surface area contributed by atoms with Crippen LogP contribution in [-0.4, -0.2) is 48.7 Å². The summed E-state index contributed by atoms with van der Waals surface area (Å²) in [6.07, 6.45) is 8.38. The normalized spacial score (nSPS) is 17.5. The molecule has 1 fully saturated rings. The summed E-state index contributed by atoms with van der Waals surface area (Å²) >= 11 is 0. The van der Waals surface area contributed by atoms with E-state index in [9.17, 15) is 9.59 Å². The first-order valence-electron chi connectivity index (χ1n) is 11.2. The van der Waals surface area contributed by atoms with Crippen molar-refractivity contribution in [2.75, 3.05) is 7.05 Å². The van der Waals surface area contributed by atoms with Crippen molar-refractivity contribution in [2.45, 2.75) is 52.9 Å². The number of amidine groups is 1. The summed E-state index contributed by atoms with van der Waals surface area (Å²) in [6.45, 7) is 7.89. The first-order valence-corrected chi connectivity index (χ1v) is 11.2. The molecule has 33 heavy (non-hydrogen) atoms. The lowest BCUT2D eigenvalue weighted by Crippen LogP contribution is -2.62. The number of aliphatic imine (C=N–C) groups is 1. The molecule has 1 unspecified atom stereocenters. The number of carbonyl (C=O) groups excluding carboxylic acids is 2. The fourth-order valence-corrected chi connectivity index (χ4v) is 4.62. The Hall–Kier alpha value is -3.75. The van der Waals surface area contributed by atoms with Gasteiger partial charge in [0.25, 0.3) is 5.91 Å². The lowest BCUT2D eigenvalue weighted by atomic mass is 10.0. The first-order chi connectivity index (χ1) is 15.8. The van der Waals surface area contributed by atoms with Crippen molar-refractivity contribution in [1.82, 2.24) is 23.9 Å². The topological polar surface area (TPSA) is 79.6 Å². The van der Waals surface area contributed by atoms with Crippen LogP contribution in [0.2, 0.25) is 0 Å². The predicted molar refractivity (Wildman–Crippen MR) is 122 cm³/mol. The van der Waals surface area contributed by atoms with Crippen molar-refractivity contribution in [3.63, 3.8) is 0 Å². The van der Waals surface area contributed by atoms with Gasteiger partial charge in [-0.1, -0.05) is 28.8 Å². The standard InChI is InChI=1S/C24H28N7O2/c1-16-6-7-17(2)19(12-16)14-31-22(32)20-21(27(4)24(31)33)26-23-29(18(3)13-30(20)23)10-5-9-28-11-8-25-15-28/h6-8,11-13,15,20H,5,9-10,14H2,1-4H3/q+1. The highest BCUT2D eigenvalue weighted by atomic mass is 16.2. The third kappa shape index (κ3) is 3.53. The predicted octanol–water partition coefficient (Wildman–Crippen LogP) is 2.67. The Morgan fingerprint density at radius 2 is 1.94 bits per heavy atom. The van der Waals surface area contributed by atoms with Gasteiger partial charge < -0.3 is 4.57 Å². The minimum atomic E-state index is -0.624. The highest BCUT2D eigenvalue weighted by Gasteiger charge is 2.53. The lowest BCUT2D eigenvalue weighted by Gasteiger charge is -2.33. The third-order valence-electron chi connectivity index (χ3n) is 6.51. The molecule has 9 heteroatoms. The number of nitrogens with zero attached hydrogens (tertiary/aromatic N) is 7. The molecule has 170 valence electrons. The lowest BCUT2D eigenvalue weighted by molar-refractivity contribution is -0.677. The molecule has 0 bridgehead atoms. The van der Waals surface area contributed by atoms with E-state index in [1.165, 1.54) is 9.80 Å². The molecule has 2 aromatic heterocycles. The fourth-order valence-electron chi connectivity index (χ4n) is 4.62. The zero-order chi connectivity index (χ0) is 23.3. The second-order valence-electron chi connectivity index (χ2n) is 8.85. The maximum atomic E-state index is 13.6. The van der Waals surface area contributed by atoms with Gasteiger partial charge in [0.15, 0.2) is 0 Å². The van der Waals surface area contributed by atoms with Gasteiger partial charge >= 0.3 is 12.0 Å². The van der Waals surface area contributed by atoms with E-state index in [4.69, 9.17) is 4.99 Å². The van der Waals surface area contributed by atoms with Crippen molar-refractivity contribution in [1.29, 1.82) is 0 Å². The van der Waals surface area contributed by atoms with E-state index < -0.39 is 6.04 Å². The molecule has 9 nitrogen and oxygen atoms in total. The number of urea groups is 1. The number of aromatic nitrogens is 4. The summed E-state index contributed by atoms with van der Waals surface area (Å²) in [5.41, 5.74) is 4.17. The number of amides is 3. The van der Waals surface area contributed by atoms with Crippen LogP contribution in [0, 0.1) is 20.8 Å². The molecule has 0 N–H and O–H groups in total. The quantitative estimate of drug-likeness (QED) is 0.546. The summed E-state index contributed by atoms with van der Waals surface area (Å²) in [6, 6.07) is 5.13. The molecule has 0 aliphatic carbocycles. The number of likely N-dealkylation sites (N-methyl/N-ethyl adjacent to an activating group) is 1. The van der Waals surface area contributed by atoms with Gasteiger partial charge in [0.05, 0.1) is 19.4 Å². The molecule has 2 aliphatic rings. The van der Waals surface area contributed by atoms with Crippen molar-refractivity contribution in [3.05, 3.63) is 65.5 Å². The first kappa shape index (κ1) is 21.1. The number of aryl methyl sites for hydroxylation is 4. The van der Waals surface area contributed by atoms with E-state index in [-0.39, 0.29) is 18.5 Å². The minimum absolute atomic E-state index is 0.239. The van der Waals surface area contributed by atoms with Crippen LogP contribution in [0.25, 0.3) is 0 Å². The zero-order valence-corrected chi connectivity index (χ0v) is 19.4. The maximum absolute atomic E-state index is 13.6. The molecule has 1 saturated heterocycles. The van der Waals surface area contributed by atoms with Gasteiger partial charge in [0, 0.05) is 26.0 Å². The van der Waals surface area contributed by atoms with Crippen LogP contribution in [0.15, 0.2) is 48.1 Å². The number of hydrogen-bond donors (Lipinski definition) is 0. The second kappa shape index (κ2) is 7.99. The van der Waals surface area contributed by atoms with E-state index in [1.54, 1.807) is 19.6 Å². The number of imide groups is 1. The van der Waals surface area contributed by atoms with E-state index >= 15 is 0 Å². The van der Waals surface area contributed by atoms with Crippen LogP contribution < -0.4 is 4.57 Å². The van der Waals surface area contributed by atoms with Crippen molar-refractivity contribution < 1.29 is 14.2 Å². The molecule has 0 radical (unpaired) electrons. The summed E-state index contributed by atoms with van der Waals surface area (Å²) in [5.74, 6) is 0.956. The van der Waals surface area contributed by atoms with E-state index in [1.807, 2.05) is 60.5 Å². The largest absolute Gasteiger partial charge is 0.401 e. The van der Waals surface area contributed by atoms with E-state index in [0.717, 1.165) is 41.9 Å². The number of benzene rings is 1. The molecular formula is C24H28N7O2+. The van der Waals surface area contributed by atoms with Crippen molar-refractivity contribution in [3.8, 4) is 0 Å². The molecule has 3 aromatic rings. The number of imidazole rings is 2. The Kier molecular flexibility index (Phi) is 5.11. The molecular weight excluding hydrogens is 418 g/mol. The molecule has 2 aliphatic heterocycles. The number of rotatable bonds is 6. The van der Waals surface area contributed by atoms with Crippen LogP contribution in [0.4, 0.5) is 10.7 Å². The zero-order valence-electron chi connectivity index (χ0n) is 19.4. The average Bonchev–Trinajstić information content (AvgIpc) is 3.49. The van der Waals surface area contributed by atoms with Crippen LogP contribution >= 0.6 is 0 Å². The highest BCUT2D eigenvalue weighted by molar-refractivity contribution is 6.19. The summed E-state index contributed by atoms with van der Waals surface area (Å²) in [7, 11) is 1.69. The molecule has 5 rings (SSSR count). The maximum Gasteiger partial charge on any atom is 0.401 e. The molecule has 0 saturated carbocycles. The van der Waals surface area contributed by atoms with Gasteiger partial charge in [-0.25, -0.2) is 18.9 Å². The summed E-state index contributed by atoms with van der Waals surface area (Å²) < 4.78 is 6.06. The number of carbonyl (C=O) groups is 2. The molecule has 3 amide bonds. The Morgan fingerprint density at radius 1 is 1.12 bits per heavy atom. The molecule has 1 aromatic carbocycles. The van der Waals surface area contributed by atoms with E-state index in [0.29, 0.717) is 11.8 Å². The second-order valence-corrected chi connectivity index (χ2v) is 8.85. The summed E-state index contributed by atoms with van der Waals surface area (Å²) in [5, 5.41) is 0.